The number of aliphatic hydroxyl groups is 1. The van der Waals surface area contributed by atoms with Gasteiger partial charge in [-0.25, -0.2) is 0 Å². The molecule has 0 amide bonds. The summed E-state index contributed by atoms with van der Waals surface area (Å²) in [7, 11) is 0. The molecule has 0 unspecified atom stereocenters. The molecule has 0 aromatic carbocycles. The van der Waals surface area contributed by atoms with E-state index in [0.29, 0.717) is 6.42 Å². The molecule has 0 aromatic heterocycles. The molecule has 0 aliphatic rings. The molecule has 2 heteroatoms. The van der Waals surface area contributed by atoms with Crippen molar-refractivity contribution in [2.24, 2.45) is 0 Å². The van der Waals surface area contributed by atoms with Crippen LogP contribution in [0.25, 0.3) is 0 Å². The number of allylic oxidation sites excluding steroid dienone is 8. The van der Waals surface area contributed by atoms with E-state index >= 15 is 0 Å². The largest absolute Gasteiger partial charge is 0.396 e. The highest BCUT2D eigenvalue weighted by Crippen LogP contribution is 2.14. The summed E-state index contributed by atoms with van der Waals surface area (Å²) >= 11 is 0. The molecule has 0 radical (unpaired) electrons. The molecule has 1 N–H and O–H groups in total. The van der Waals surface area contributed by atoms with Crippen LogP contribution in [0.1, 0.15) is 92.4 Å². The van der Waals surface area contributed by atoms with Crippen LogP contribution in [-0.2, 0) is 4.79 Å². The van der Waals surface area contributed by atoms with E-state index in [2.05, 4.69) is 58.9 Å². The van der Waals surface area contributed by atoms with Gasteiger partial charge in [0, 0.05) is 19.4 Å². The summed E-state index contributed by atoms with van der Waals surface area (Å²) in [5.41, 5.74) is 5.70. The number of carbonyl (C=O) groups excluding carboxylic acids is 1. The predicted octanol–water partition coefficient (Wildman–Crippen LogP) is 6.86. The monoisotopic (exact) mass is 360 g/mol. The second-order valence-electron chi connectivity index (χ2n) is 7.60. The number of Topliss-reactive ketones (excluding diaryl/α,β-unsaturated/α-hetero) is 1. The number of ketones is 1. The van der Waals surface area contributed by atoms with E-state index in [1.807, 2.05) is 0 Å². The van der Waals surface area contributed by atoms with Crippen LogP contribution in [0, 0.1) is 0 Å². The van der Waals surface area contributed by atoms with E-state index < -0.39 is 0 Å². The lowest BCUT2D eigenvalue weighted by Gasteiger charge is -2.03. The molecule has 0 atom stereocenters. The van der Waals surface area contributed by atoms with E-state index in [-0.39, 0.29) is 18.8 Å². The van der Waals surface area contributed by atoms with Gasteiger partial charge < -0.3 is 5.11 Å². The average Bonchev–Trinajstić information content (AvgIpc) is 2.54. The lowest BCUT2D eigenvalue weighted by Crippen LogP contribution is -1.99. The van der Waals surface area contributed by atoms with E-state index in [1.54, 1.807) is 0 Å². The van der Waals surface area contributed by atoms with Gasteiger partial charge in [-0.1, -0.05) is 46.6 Å². The minimum absolute atomic E-state index is 0.0320. The molecule has 0 saturated heterocycles. The smallest absolute Gasteiger partial charge is 0.135 e. The molecule has 0 bridgehead atoms. The first-order chi connectivity index (χ1) is 12.3. The molecule has 0 aliphatic heterocycles. The van der Waals surface area contributed by atoms with Crippen LogP contribution in [0.3, 0.4) is 0 Å². The zero-order chi connectivity index (χ0) is 19.8. The summed E-state index contributed by atoms with van der Waals surface area (Å²) in [5.74, 6) is 0.150. The van der Waals surface area contributed by atoms with Gasteiger partial charge in [0.1, 0.15) is 5.78 Å². The molecular formula is C24H40O2. The predicted molar refractivity (Wildman–Crippen MR) is 114 cm³/mol. The standard InChI is InChI=1S/C24H40O2/c1-20(2)10-6-11-21(3)12-7-13-22(4)14-8-15-23(5)16-9-17-24(26)18-19-25/h10,12,14,16,25H,6-9,11,13,15,17-19H2,1-5H3/b21-12+,22-14+,23-16+. The van der Waals surface area contributed by atoms with Gasteiger partial charge in [0.05, 0.1) is 0 Å². The van der Waals surface area contributed by atoms with E-state index in [0.717, 1.165) is 38.5 Å². The summed E-state index contributed by atoms with van der Waals surface area (Å²) in [5, 5.41) is 8.71. The lowest BCUT2D eigenvalue weighted by molar-refractivity contribution is -0.119. The Hall–Kier alpha value is -1.41. The van der Waals surface area contributed by atoms with Crippen molar-refractivity contribution in [2.75, 3.05) is 6.61 Å². The van der Waals surface area contributed by atoms with Gasteiger partial charge >= 0.3 is 0 Å². The molecule has 26 heavy (non-hydrogen) atoms. The summed E-state index contributed by atoms with van der Waals surface area (Å²) in [6, 6.07) is 0. The molecule has 148 valence electrons. The van der Waals surface area contributed by atoms with Crippen molar-refractivity contribution in [1.82, 2.24) is 0 Å². The summed E-state index contributed by atoms with van der Waals surface area (Å²) in [6.07, 6.45) is 17.5. The maximum Gasteiger partial charge on any atom is 0.135 e. The van der Waals surface area contributed by atoms with Crippen molar-refractivity contribution in [3.05, 3.63) is 46.6 Å². The second-order valence-corrected chi connectivity index (χ2v) is 7.60. The Morgan fingerprint density at radius 1 is 0.615 bits per heavy atom. The quantitative estimate of drug-likeness (QED) is 0.343. The van der Waals surface area contributed by atoms with Gasteiger partial charge in [-0.3, -0.25) is 4.79 Å². The fraction of sp³-hybridized carbons (Fsp3) is 0.625. The number of rotatable bonds is 14. The maximum absolute atomic E-state index is 11.4. The first-order valence-corrected chi connectivity index (χ1v) is 10.1. The summed E-state index contributed by atoms with van der Waals surface area (Å²) in [6.45, 7) is 10.9. The van der Waals surface area contributed by atoms with Crippen molar-refractivity contribution in [1.29, 1.82) is 0 Å². The second kappa shape index (κ2) is 15.8. The Balaban J connectivity index is 3.99. The van der Waals surface area contributed by atoms with E-state index in [4.69, 9.17) is 5.11 Å². The van der Waals surface area contributed by atoms with Crippen LogP contribution in [0.15, 0.2) is 46.6 Å². The molecule has 0 saturated carbocycles. The van der Waals surface area contributed by atoms with Crippen molar-refractivity contribution < 1.29 is 9.90 Å². The number of hydrogen-bond donors (Lipinski definition) is 1. The molecule has 0 spiro atoms. The van der Waals surface area contributed by atoms with Gasteiger partial charge in [-0.05, 0) is 79.6 Å². The minimum Gasteiger partial charge on any atom is -0.396 e. The normalized spacial score (nSPS) is 13.1. The molecule has 0 aromatic rings. The third kappa shape index (κ3) is 16.1. The molecule has 0 aliphatic carbocycles. The van der Waals surface area contributed by atoms with Gasteiger partial charge in [-0.15, -0.1) is 0 Å². The average molecular weight is 361 g/mol. The highest BCUT2D eigenvalue weighted by Gasteiger charge is 1.99. The van der Waals surface area contributed by atoms with Gasteiger partial charge in [0.2, 0.25) is 0 Å². The van der Waals surface area contributed by atoms with Crippen molar-refractivity contribution in [3.63, 3.8) is 0 Å². The van der Waals surface area contributed by atoms with Gasteiger partial charge in [0.25, 0.3) is 0 Å². The third-order valence-corrected chi connectivity index (χ3v) is 4.46. The van der Waals surface area contributed by atoms with Crippen molar-refractivity contribution >= 4 is 5.78 Å². The van der Waals surface area contributed by atoms with Crippen LogP contribution >= 0.6 is 0 Å². The van der Waals surface area contributed by atoms with Crippen molar-refractivity contribution in [3.8, 4) is 0 Å². The Bertz CT molecular complexity index is 514. The van der Waals surface area contributed by atoms with Crippen LogP contribution in [0.5, 0.6) is 0 Å². The molecular weight excluding hydrogens is 320 g/mol. The van der Waals surface area contributed by atoms with Crippen LogP contribution < -0.4 is 0 Å². The highest BCUT2D eigenvalue weighted by atomic mass is 16.3. The molecule has 0 rings (SSSR count). The van der Waals surface area contributed by atoms with Gasteiger partial charge in [0.15, 0.2) is 0 Å². The minimum atomic E-state index is -0.0320. The van der Waals surface area contributed by atoms with E-state index in [1.165, 1.54) is 28.7 Å². The van der Waals surface area contributed by atoms with Crippen molar-refractivity contribution in [2.45, 2.75) is 92.4 Å². The Labute approximate surface area is 161 Å². The SMILES string of the molecule is CC(C)=CCC/C(C)=C/CC/C(C)=C/CC/C(C)=C/CCC(=O)CCO. The molecule has 0 heterocycles. The first kappa shape index (κ1) is 24.6. The molecule has 2 nitrogen and oxygen atoms in total. The number of hydrogen-bond acceptors (Lipinski definition) is 2. The summed E-state index contributed by atoms with van der Waals surface area (Å²) < 4.78 is 0. The number of aliphatic hydroxyl groups excluding tert-OH is 1. The van der Waals surface area contributed by atoms with Gasteiger partial charge in [-0.2, -0.15) is 0 Å². The zero-order valence-corrected chi connectivity index (χ0v) is 17.7. The fourth-order valence-corrected chi connectivity index (χ4v) is 2.72. The Morgan fingerprint density at radius 3 is 1.38 bits per heavy atom. The zero-order valence-electron chi connectivity index (χ0n) is 17.7. The highest BCUT2D eigenvalue weighted by molar-refractivity contribution is 5.78. The van der Waals surface area contributed by atoms with Crippen LogP contribution in [0.2, 0.25) is 0 Å². The summed E-state index contributed by atoms with van der Waals surface area (Å²) in [4.78, 5) is 11.4. The maximum atomic E-state index is 11.4. The van der Waals surface area contributed by atoms with Crippen LogP contribution in [-0.4, -0.2) is 17.5 Å². The lowest BCUT2D eigenvalue weighted by atomic mass is 10.0. The third-order valence-electron chi connectivity index (χ3n) is 4.46. The molecule has 0 fully saturated rings. The Morgan fingerprint density at radius 2 is 1.00 bits per heavy atom. The first-order valence-electron chi connectivity index (χ1n) is 10.1. The van der Waals surface area contributed by atoms with E-state index in [9.17, 15) is 4.79 Å². The number of carbonyl (C=O) groups is 1. The van der Waals surface area contributed by atoms with Crippen LogP contribution in [0.4, 0.5) is 0 Å². The Kier molecular flexibility index (Phi) is 15.0. The fourth-order valence-electron chi connectivity index (χ4n) is 2.72. The topological polar surface area (TPSA) is 37.3 Å².